The summed E-state index contributed by atoms with van der Waals surface area (Å²) < 4.78 is -0.252. The van der Waals surface area contributed by atoms with Crippen molar-refractivity contribution in [2.75, 3.05) is 20.0 Å². The van der Waals surface area contributed by atoms with Gasteiger partial charge in [-0.1, -0.05) is 40.7 Å². The summed E-state index contributed by atoms with van der Waals surface area (Å²) >= 11 is 1.72. The normalized spacial score (nSPS) is 22.0. The molecular weight excluding hydrogens is 402 g/mol. The van der Waals surface area contributed by atoms with E-state index < -0.39 is 23.5 Å². The molecule has 1 fully saturated rings. The Bertz CT molecular complexity index is 697. The Hall–Kier alpha value is -1.54. The van der Waals surface area contributed by atoms with Crippen LogP contribution in [0.1, 0.15) is 55.4 Å². The molecule has 7 nitrogen and oxygen atoms in total. The number of carbonyl (C=O) groups excluding carboxylic acids is 2. The Labute approximate surface area is 185 Å². The first kappa shape index (κ1) is 26.5. The van der Waals surface area contributed by atoms with E-state index in [1.165, 1.54) is 6.92 Å². The minimum absolute atomic E-state index is 0.0147. The Morgan fingerprint density at radius 1 is 1.27 bits per heavy atom. The number of hydrogen-bond donors (Lipinski definition) is 2. The highest BCUT2D eigenvalue weighted by Gasteiger charge is 2.46. The number of aliphatic carboxylic acids is 1. The zero-order valence-electron chi connectivity index (χ0n) is 20.1. The fourth-order valence-corrected chi connectivity index (χ4v) is 4.90. The van der Waals surface area contributed by atoms with Gasteiger partial charge in [0.05, 0.1) is 6.04 Å². The number of carboxylic acids is 1. The van der Waals surface area contributed by atoms with Crippen LogP contribution in [0.3, 0.4) is 0 Å². The molecule has 1 aliphatic heterocycles. The van der Waals surface area contributed by atoms with Gasteiger partial charge in [0.1, 0.15) is 12.1 Å². The molecule has 0 aliphatic carbocycles. The van der Waals surface area contributed by atoms with Crippen molar-refractivity contribution in [2.45, 2.75) is 78.3 Å². The maximum absolute atomic E-state index is 13.5. The van der Waals surface area contributed by atoms with Gasteiger partial charge >= 0.3 is 5.97 Å². The molecule has 30 heavy (non-hydrogen) atoms. The predicted molar refractivity (Wildman–Crippen MR) is 122 cm³/mol. The second-order valence-electron chi connectivity index (χ2n) is 10.2. The van der Waals surface area contributed by atoms with Gasteiger partial charge in [0.25, 0.3) is 0 Å². The van der Waals surface area contributed by atoms with Crippen molar-refractivity contribution >= 4 is 29.5 Å². The number of amides is 2. The molecule has 3 atom stereocenters. The molecule has 1 heterocycles. The van der Waals surface area contributed by atoms with Crippen molar-refractivity contribution in [3.8, 4) is 0 Å². The van der Waals surface area contributed by atoms with Gasteiger partial charge in [-0.15, -0.1) is 11.8 Å². The number of likely N-dealkylation sites (N-methyl/N-ethyl adjacent to an activating group) is 2. The van der Waals surface area contributed by atoms with Gasteiger partial charge in [-0.3, -0.25) is 14.5 Å². The zero-order valence-corrected chi connectivity index (χ0v) is 20.9. The van der Waals surface area contributed by atoms with Crippen molar-refractivity contribution in [2.24, 2.45) is 11.3 Å². The van der Waals surface area contributed by atoms with Crippen molar-refractivity contribution in [1.82, 2.24) is 15.1 Å². The van der Waals surface area contributed by atoms with Crippen LogP contribution in [0.2, 0.25) is 0 Å². The van der Waals surface area contributed by atoms with Crippen LogP contribution in [0.15, 0.2) is 11.6 Å². The zero-order chi connectivity index (χ0) is 23.6. The maximum atomic E-state index is 13.5. The quantitative estimate of drug-likeness (QED) is 0.591. The van der Waals surface area contributed by atoms with Crippen molar-refractivity contribution in [3.05, 3.63) is 11.6 Å². The molecule has 0 aromatic rings. The predicted octanol–water partition coefficient (Wildman–Crippen LogP) is 2.81. The van der Waals surface area contributed by atoms with E-state index in [1.54, 1.807) is 29.8 Å². The Kier molecular flexibility index (Phi) is 8.59. The smallest absolute Gasteiger partial charge is 0.331 e. The first-order chi connectivity index (χ1) is 13.5. The fourth-order valence-electron chi connectivity index (χ4n) is 3.77. The average molecular weight is 442 g/mol. The van der Waals surface area contributed by atoms with Gasteiger partial charge in [0.15, 0.2) is 0 Å². The molecule has 2 unspecified atom stereocenters. The summed E-state index contributed by atoms with van der Waals surface area (Å²) in [7, 11) is 3.59. The van der Waals surface area contributed by atoms with Crippen LogP contribution in [-0.4, -0.2) is 75.5 Å². The minimum Gasteiger partial charge on any atom is -0.478 e. The topological polar surface area (TPSA) is 90.0 Å². The average Bonchev–Trinajstić information content (AvgIpc) is 2.87. The van der Waals surface area contributed by atoms with Crippen LogP contribution in [0, 0.1) is 11.3 Å². The third kappa shape index (κ3) is 6.23. The highest BCUT2D eigenvalue weighted by atomic mass is 32.2. The van der Waals surface area contributed by atoms with E-state index in [2.05, 4.69) is 5.32 Å². The van der Waals surface area contributed by atoms with E-state index in [1.807, 2.05) is 60.4 Å². The van der Waals surface area contributed by atoms with E-state index in [-0.39, 0.29) is 34.1 Å². The van der Waals surface area contributed by atoms with Crippen LogP contribution in [-0.2, 0) is 14.4 Å². The van der Waals surface area contributed by atoms with Gasteiger partial charge in [-0.25, -0.2) is 4.79 Å². The molecule has 172 valence electrons. The molecule has 1 rings (SSSR count). The van der Waals surface area contributed by atoms with E-state index in [4.69, 9.17) is 0 Å². The summed E-state index contributed by atoms with van der Waals surface area (Å²) in [4.78, 5) is 41.6. The third-order valence-electron chi connectivity index (χ3n) is 5.62. The highest BCUT2D eigenvalue weighted by Crippen LogP contribution is 2.38. The summed E-state index contributed by atoms with van der Waals surface area (Å²) in [6.45, 7) is 15.3. The van der Waals surface area contributed by atoms with Gasteiger partial charge in [0, 0.05) is 23.2 Å². The number of hydrogen-bond acceptors (Lipinski definition) is 5. The number of rotatable bonds is 7. The van der Waals surface area contributed by atoms with Gasteiger partial charge < -0.3 is 15.3 Å². The molecule has 0 spiro atoms. The summed E-state index contributed by atoms with van der Waals surface area (Å²) in [6.07, 6.45) is 1.61. The van der Waals surface area contributed by atoms with Crippen molar-refractivity contribution in [1.29, 1.82) is 0 Å². The van der Waals surface area contributed by atoms with Crippen LogP contribution in [0.4, 0.5) is 0 Å². The molecule has 0 bridgehead atoms. The van der Waals surface area contributed by atoms with Crippen molar-refractivity contribution < 1.29 is 19.5 Å². The number of nitrogens with zero attached hydrogens (tertiary/aromatic N) is 2. The van der Waals surface area contributed by atoms with Gasteiger partial charge in [-0.2, -0.15) is 0 Å². The second-order valence-corrected chi connectivity index (χ2v) is 11.8. The lowest BCUT2D eigenvalue weighted by Crippen LogP contribution is -2.60. The van der Waals surface area contributed by atoms with Gasteiger partial charge in [0.2, 0.25) is 11.8 Å². The van der Waals surface area contributed by atoms with Crippen LogP contribution in [0.25, 0.3) is 0 Å². The minimum atomic E-state index is -1.01. The Morgan fingerprint density at radius 2 is 1.80 bits per heavy atom. The Morgan fingerprint density at radius 3 is 2.17 bits per heavy atom. The molecule has 2 amide bonds. The Balaban J connectivity index is 3.19. The summed E-state index contributed by atoms with van der Waals surface area (Å²) in [5.41, 5.74) is -0.321. The lowest BCUT2D eigenvalue weighted by atomic mass is 9.84. The van der Waals surface area contributed by atoms with Crippen LogP contribution in [0.5, 0.6) is 0 Å². The van der Waals surface area contributed by atoms with Crippen molar-refractivity contribution in [3.63, 3.8) is 0 Å². The van der Waals surface area contributed by atoms with E-state index in [9.17, 15) is 19.5 Å². The number of carbonyl (C=O) groups is 3. The molecular formula is C22H39N3O4S. The second kappa shape index (κ2) is 9.73. The highest BCUT2D eigenvalue weighted by molar-refractivity contribution is 8.00. The lowest BCUT2D eigenvalue weighted by Gasteiger charge is -2.39. The van der Waals surface area contributed by atoms with E-state index in [0.29, 0.717) is 0 Å². The fraction of sp³-hybridized carbons (Fsp3) is 0.773. The maximum Gasteiger partial charge on any atom is 0.331 e. The molecule has 0 radical (unpaired) electrons. The molecule has 8 heteroatoms. The van der Waals surface area contributed by atoms with Crippen LogP contribution < -0.4 is 5.32 Å². The lowest BCUT2D eigenvalue weighted by molar-refractivity contribution is -0.141. The number of nitrogens with one attached hydrogen (secondary N) is 1. The number of carboxylic acid groups (broad SMARTS) is 1. The third-order valence-corrected chi connectivity index (χ3v) is 7.13. The molecule has 0 aromatic heterocycles. The molecule has 0 saturated carbocycles. The molecule has 1 aliphatic rings. The largest absolute Gasteiger partial charge is 0.478 e. The van der Waals surface area contributed by atoms with E-state index in [0.717, 1.165) is 5.88 Å². The molecule has 2 N–H and O–H groups in total. The molecule has 1 saturated heterocycles. The van der Waals surface area contributed by atoms with E-state index >= 15 is 0 Å². The standard InChI is InChI=1S/C22H39N3O4S/c1-13(2)15(11-14(3)20(28)29)25(10)19(27)16(21(4,5)6)23-18(26)17-22(7,8)30-12-24(17)9/h11,13,15-17H,12H2,1-10H3,(H,23,26)(H,28,29)/t15?,16-,17?/m1/s1. The van der Waals surface area contributed by atoms with Crippen LogP contribution >= 0.6 is 11.8 Å². The first-order valence-electron chi connectivity index (χ1n) is 10.3. The summed E-state index contributed by atoms with van der Waals surface area (Å²) in [5.74, 6) is -0.622. The number of thioether (sulfide) groups is 1. The molecule has 0 aromatic carbocycles. The summed E-state index contributed by atoms with van der Waals surface area (Å²) in [6, 6.07) is -1.46. The van der Waals surface area contributed by atoms with Gasteiger partial charge in [-0.05, 0) is 39.2 Å². The SMILES string of the molecule is CC(=CC(C(C)C)N(C)C(=O)[C@@H](NC(=O)C1N(C)CSC1(C)C)C(C)(C)C)C(=O)O. The monoisotopic (exact) mass is 441 g/mol. The first-order valence-corrected chi connectivity index (χ1v) is 11.3. The summed E-state index contributed by atoms with van der Waals surface area (Å²) in [5, 5.41) is 12.3.